The third-order valence-electron chi connectivity index (χ3n) is 4.92. The summed E-state index contributed by atoms with van der Waals surface area (Å²) in [5.41, 5.74) is 1.62. The van der Waals surface area contributed by atoms with Crippen LogP contribution < -0.4 is 0 Å². The van der Waals surface area contributed by atoms with E-state index in [1.54, 1.807) is 7.11 Å². The Morgan fingerprint density at radius 1 is 0.962 bits per heavy atom. The van der Waals surface area contributed by atoms with Crippen LogP contribution in [0.3, 0.4) is 0 Å². The number of methoxy groups -OCH3 is 1. The van der Waals surface area contributed by atoms with Gasteiger partial charge in [-0.3, -0.25) is 0 Å². The molecule has 1 unspecified atom stereocenters. The Morgan fingerprint density at radius 3 is 2.27 bits per heavy atom. The highest BCUT2D eigenvalue weighted by atomic mass is 16.8. The first-order chi connectivity index (χ1) is 12.8. The molecule has 2 aliphatic heterocycles. The molecule has 0 spiro atoms. The first-order valence-corrected chi connectivity index (χ1v) is 8.90. The first-order valence-electron chi connectivity index (χ1n) is 8.90. The average molecular weight is 356 g/mol. The van der Waals surface area contributed by atoms with E-state index in [1.807, 2.05) is 60.7 Å². The number of hydrogen-bond acceptors (Lipinski definition) is 5. The zero-order valence-corrected chi connectivity index (χ0v) is 14.9. The van der Waals surface area contributed by atoms with Crippen molar-refractivity contribution < 1.29 is 23.7 Å². The second-order valence-electron chi connectivity index (χ2n) is 6.76. The van der Waals surface area contributed by atoms with Crippen LogP contribution in [-0.2, 0) is 36.9 Å². The van der Waals surface area contributed by atoms with E-state index in [9.17, 15) is 0 Å². The van der Waals surface area contributed by atoms with Crippen molar-refractivity contribution in [2.24, 2.45) is 0 Å². The van der Waals surface area contributed by atoms with Crippen molar-refractivity contribution >= 4 is 0 Å². The summed E-state index contributed by atoms with van der Waals surface area (Å²) < 4.78 is 29.6. The fraction of sp³-hybridized carbons (Fsp3) is 0.429. The average Bonchev–Trinajstić information content (AvgIpc) is 3.19. The van der Waals surface area contributed by atoms with Gasteiger partial charge in [-0.1, -0.05) is 60.7 Å². The van der Waals surface area contributed by atoms with Gasteiger partial charge in [0.1, 0.15) is 17.8 Å². The molecule has 2 aliphatic rings. The van der Waals surface area contributed by atoms with E-state index < -0.39 is 11.9 Å². The molecule has 0 radical (unpaired) electrons. The lowest BCUT2D eigenvalue weighted by Gasteiger charge is -2.30. The van der Waals surface area contributed by atoms with Gasteiger partial charge in [0, 0.05) is 7.11 Å². The predicted molar refractivity (Wildman–Crippen MR) is 95.5 cm³/mol. The molecule has 0 N–H and O–H groups in total. The van der Waals surface area contributed by atoms with Crippen LogP contribution in [0.1, 0.15) is 11.1 Å². The number of fused-ring (bicyclic) bond motifs is 2. The van der Waals surface area contributed by atoms with E-state index in [4.69, 9.17) is 23.7 Å². The van der Waals surface area contributed by atoms with Crippen LogP contribution in [0.4, 0.5) is 0 Å². The molecule has 138 valence electrons. The molecule has 2 aromatic carbocycles. The molecule has 5 heteroatoms. The van der Waals surface area contributed by atoms with Gasteiger partial charge in [-0.2, -0.15) is 0 Å². The Labute approximate surface area is 153 Å². The van der Waals surface area contributed by atoms with Crippen molar-refractivity contribution in [3.05, 3.63) is 71.8 Å². The van der Waals surface area contributed by atoms with E-state index in [1.165, 1.54) is 0 Å². The molecule has 2 saturated heterocycles. The summed E-state index contributed by atoms with van der Waals surface area (Å²) in [7, 11) is 1.63. The first kappa shape index (κ1) is 17.6. The van der Waals surface area contributed by atoms with Gasteiger partial charge in [-0.05, 0) is 11.1 Å². The largest absolute Gasteiger partial charge is 0.374 e. The molecule has 2 heterocycles. The molecule has 0 saturated carbocycles. The molecule has 4 atom stereocenters. The van der Waals surface area contributed by atoms with Gasteiger partial charge in [-0.15, -0.1) is 0 Å². The van der Waals surface area contributed by atoms with E-state index in [2.05, 4.69) is 0 Å². The zero-order valence-electron chi connectivity index (χ0n) is 14.9. The number of rotatable bonds is 8. The third kappa shape index (κ3) is 3.54. The van der Waals surface area contributed by atoms with Crippen LogP contribution in [0.5, 0.6) is 0 Å². The molecule has 0 aliphatic carbocycles. The highest BCUT2D eigenvalue weighted by molar-refractivity contribution is 5.15. The van der Waals surface area contributed by atoms with Gasteiger partial charge in [0.15, 0.2) is 6.29 Å². The Bertz CT molecular complexity index is 692. The van der Waals surface area contributed by atoms with Crippen LogP contribution in [0, 0.1) is 0 Å². The second-order valence-corrected chi connectivity index (χ2v) is 6.76. The van der Waals surface area contributed by atoms with Crippen molar-refractivity contribution in [1.29, 1.82) is 0 Å². The maximum atomic E-state index is 6.20. The summed E-state index contributed by atoms with van der Waals surface area (Å²) in [5.74, 6) is 0. The minimum absolute atomic E-state index is 0.219. The molecular weight excluding hydrogens is 332 g/mol. The maximum absolute atomic E-state index is 6.20. The second kappa shape index (κ2) is 7.86. The Kier molecular flexibility index (Phi) is 5.33. The topological polar surface area (TPSA) is 46.2 Å². The van der Waals surface area contributed by atoms with Gasteiger partial charge in [0.25, 0.3) is 0 Å². The Morgan fingerprint density at radius 2 is 1.62 bits per heavy atom. The molecule has 2 aromatic rings. The smallest absolute Gasteiger partial charge is 0.187 e. The number of benzene rings is 2. The fourth-order valence-electron chi connectivity index (χ4n) is 3.59. The van der Waals surface area contributed by atoms with E-state index in [0.717, 1.165) is 11.1 Å². The normalized spacial score (nSPS) is 30.0. The monoisotopic (exact) mass is 356 g/mol. The molecule has 4 rings (SSSR count). The molecular formula is C21H24O5. The molecule has 26 heavy (non-hydrogen) atoms. The summed E-state index contributed by atoms with van der Waals surface area (Å²) >= 11 is 0. The molecule has 2 fully saturated rings. The van der Waals surface area contributed by atoms with Crippen molar-refractivity contribution in [1.82, 2.24) is 0 Å². The summed E-state index contributed by atoms with van der Waals surface area (Å²) in [5, 5.41) is 0. The molecule has 2 bridgehead atoms. The molecule has 0 amide bonds. The van der Waals surface area contributed by atoms with Crippen LogP contribution in [-0.4, -0.2) is 44.4 Å². The van der Waals surface area contributed by atoms with Crippen molar-refractivity contribution in [2.45, 2.75) is 37.3 Å². The minimum atomic E-state index is -0.630. The summed E-state index contributed by atoms with van der Waals surface area (Å²) in [4.78, 5) is 0. The SMILES string of the molecule is CO[C@@H]1OC2(COCc3ccccc3)CO[C@@H]1[C@@H]2OCc1ccccc1. The minimum Gasteiger partial charge on any atom is -0.374 e. The van der Waals surface area contributed by atoms with E-state index >= 15 is 0 Å². The van der Waals surface area contributed by atoms with E-state index in [-0.39, 0.29) is 12.2 Å². The highest BCUT2D eigenvalue weighted by Crippen LogP contribution is 2.42. The van der Waals surface area contributed by atoms with Gasteiger partial charge >= 0.3 is 0 Å². The van der Waals surface area contributed by atoms with Crippen LogP contribution in [0.15, 0.2) is 60.7 Å². The molecule has 5 nitrogen and oxygen atoms in total. The summed E-state index contributed by atoms with van der Waals surface area (Å²) in [6, 6.07) is 20.2. The predicted octanol–water partition coefficient (Wildman–Crippen LogP) is 2.93. The summed E-state index contributed by atoms with van der Waals surface area (Å²) in [6.45, 7) is 1.88. The standard InChI is InChI=1S/C21H24O5/c1-22-20-18-19(24-13-17-10-6-3-7-11-17)21(26-20,15-25-18)14-23-12-16-8-4-2-5-9-16/h2-11,18-20H,12-15H2,1H3/t18-,19+,20-,21?/m1/s1. The van der Waals surface area contributed by atoms with Gasteiger partial charge in [-0.25, -0.2) is 0 Å². The Hall–Kier alpha value is -1.76. The van der Waals surface area contributed by atoms with Crippen LogP contribution in [0.25, 0.3) is 0 Å². The highest BCUT2D eigenvalue weighted by Gasteiger charge is 2.63. The molecule has 0 aromatic heterocycles. The van der Waals surface area contributed by atoms with Gasteiger partial charge in [0.05, 0.1) is 26.4 Å². The lowest BCUT2D eigenvalue weighted by atomic mass is 10.00. The van der Waals surface area contributed by atoms with Crippen molar-refractivity contribution in [2.75, 3.05) is 20.3 Å². The van der Waals surface area contributed by atoms with Gasteiger partial charge in [0.2, 0.25) is 0 Å². The third-order valence-corrected chi connectivity index (χ3v) is 4.92. The van der Waals surface area contributed by atoms with Gasteiger partial charge < -0.3 is 23.7 Å². The number of hydrogen-bond donors (Lipinski definition) is 0. The summed E-state index contributed by atoms with van der Waals surface area (Å²) in [6.07, 6.45) is -0.877. The van der Waals surface area contributed by atoms with E-state index in [0.29, 0.717) is 26.4 Å². The number of ether oxygens (including phenoxy) is 5. The van der Waals surface area contributed by atoms with Crippen LogP contribution in [0.2, 0.25) is 0 Å². The zero-order chi connectivity index (χ0) is 17.8. The van der Waals surface area contributed by atoms with Crippen molar-refractivity contribution in [3.8, 4) is 0 Å². The quantitative estimate of drug-likeness (QED) is 0.728. The van der Waals surface area contributed by atoms with Crippen molar-refractivity contribution in [3.63, 3.8) is 0 Å². The lowest BCUT2D eigenvalue weighted by molar-refractivity contribution is -0.246. The lowest BCUT2D eigenvalue weighted by Crippen LogP contribution is -2.46. The Balaban J connectivity index is 1.41. The van der Waals surface area contributed by atoms with Crippen LogP contribution >= 0.6 is 0 Å². The fourth-order valence-corrected chi connectivity index (χ4v) is 3.59. The maximum Gasteiger partial charge on any atom is 0.187 e.